The van der Waals surface area contributed by atoms with Gasteiger partial charge in [-0.2, -0.15) is 0 Å². The zero-order valence-corrected chi connectivity index (χ0v) is 16.8. The summed E-state index contributed by atoms with van der Waals surface area (Å²) in [4.78, 5) is 12.3. The number of hydrogen-bond acceptors (Lipinski definition) is 4. The lowest BCUT2D eigenvalue weighted by Crippen LogP contribution is -2.40. The SMILES string of the molecule is CS(=O)(=O)N(CC(=O)NCc1ccccc1)c1ccc(Oc2ccccc2)cc1. The van der Waals surface area contributed by atoms with Crippen molar-refractivity contribution in [2.24, 2.45) is 0 Å². The monoisotopic (exact) mass is 410 g/mol. The molecular formula is C22H22N2O4S. The summed E-state index contributed by atoms with van der Waals surface area (Å²) in [7, 11) is -3.64. The fourth-order valence-corrected chi connectivity index (χ4v) is 3.54. The molecule has 1 amide bonds. The van der Waals surface area contributed by atoms with Gasteiger partial charge in [0.15, 0.2) is 0 Å². The maximum Gasteiger partial charge on any atom is 0.241 e. The van der Waals surface area contributed by atoms with Gasteiger partial charge in [0.1, 0.15) is 18.0 Å². The maximum absolute atomic E-state index is 12.3. The highest BCUT2D eigenvalue weighted by atomic mass is 32.2. The number of benzene rings is 3. The van der Waals surface area contributed by atoms with E-state index in [0.717, 1.165) is 16.1 Å². The van der Waals surface area contributed by atoms with Crippen molar-refractivity contribution in [2.45, 2.75) is 6.54 Å². The van der Waals surface area contributed by atoms with Crippen molar-refractivity contribution in [1.29, 1.82) is 0 Å². The third kappa shape index (κ3) is 6.08. The number of carbonyl (C=O) groups excluding carboxylic acids is 1. The Hall–Kier alpha value is -3.32. The van der Waals surface area contributed by atoms with Crippen LogP contribution in [0.5, 0.6) is 11.5 Å². The summed E-state index contributed by atoms with van der Waals surface area (Å²) in [6, 6.07) is 25.3. The molecular weight excluding hydrogens is 388 g/mol. The lowest BCUT2D eigenvalue weighted by Gasteiger charge is -2.22. The number of nitrogens with zero attached hydrogens (tertiary/aromatic N) is 1. The van der Waals surface area contributed by atoms with Crippen molar-refractivity contribution in [2.75, 3.05) is 17.1 Å². The van der Waals surface area contributed by atoms with Crippen LogP contribution in [0, 0.1) is 0 Å². The van der Waals surface area contributed by atoms with E-state index in [1.54, 1.807) is 24.3 Å². The summed E-state index contributed by atoms with van der Waals surface area (Å²) in [6.45, 7) is 0.0334. The molecule has 0 aliphatic rings. The number of nitrogens with one attached hydrogen (secondary N) is 1. The van der Waals surface area contributed by atoms with E-state index in [0.29, 0.717) is 23.7 Å². The number of sulfonamides is 1. The van der Waals surface area contributed by atoms with E-state index in [1.165, 1.54) is 0 Å². The van der Waals surface area contributed by atoms with Crippen LogP contribution in [-0.2, 0) is 21.4 Å². The molecule has 3 aromatic rings. The molecule has 0 saturated carbocycles. The number of anilines is 1. The Balaban J connectivity index is 1.67. The van der Waals surface area contributed by atoms with Gasteiger partial charge in [-0.15, -0.1) is 0 Å². The zero-order valence-electron chi connectivity index (χ0n) is 16.0. The normalized spacial score (nSPS) is 10.9. The Morgan fingerprint density at radius 2 is 1.41 bits per heavy atom. The molecule has 0 spiro atoms. The Labute approximate surface area is 170 Å². The van der Waals surface area contributed by atoms with Crippen molar-refractivity contribution in [3.05, 3.63) is 90.5 Å². The molecule has 0 heterocycles. The second kappa shape index (κ2) is 9.25. The predicted octanol–water partition coefficient (Wildman–Crippen LogP) is 3.56. The number of ether oxygens (including phenoxy) is 1. The number of amides is 1. The standard InChI is InChI=1S/C22H22N2O4S/c1-29(26,27)24(17-22(25)23-16-18-8-4-2-5-9-18)19-12-14-21(15-13-19)28-20-10-6-3-7-11-20/h2-15H,16-17H2,1H3,(H,23,25). The van der Waals surface area contributed by atoms with Crippen molar-refractivity contribution in [3.8, 4) is 11.5 Å². The van der Waals surface area contributed by atoms with Crippen LogP contribution in [0.1, 0.15) is 5.56 Å². The van der Waals surface area contributed by atoms with E-state index in [1.807, 2.05) is 60.7 Å². The van der Waals surface area contributed by atoms with Crippen LogP contribution in [-0.4, -0.2) is 27.1 Å². The fourth-order valence-electron chi connectivity index (χ4n) is 2.69. The smallest absolute Gasteiger partial charge is 0.241 e. The quantitative estimate of drug-likeness (QED) is 0.616. The molecule has 3 rings (SSSR count). The Morgan fingerprint density at radius 1 is 0.862 bits per heavy atom. The van der Waals surface area contributed by atoms with Crippen molar-refractivity contribution in [3.63, 3.8) is 0 Å². The lowest BCUT2D eigenvalue weighted by atomic mass is 10.2. The largest absolute Gasteiger partial charge is 0.457 e. The number of hydrogen-bond donors (Lipinski definition) is 1. The topological polar surface area (TPSA) is 75.7 Å². The van der Waals surface area contributed by atoms with Crippen LogP contribution < -0.4 is 14.4 Å². The van der Waals surface area contributed by atoms with Gasteiger partial charge < -0.3 is 10.1 Å². The molecule has 0 aliphatic heterocycles. The summed E-state index contributed by atoms with van der Waals surface area (Å²) in [5.74, 6) is 0.867. The van der Waals surface area contributed by atoms with Gasteiger partial charge in [-0.1, -0.05) is 48.5 Å². The van der Waals surface area contributed by atoms with Crippen molar-refractivity contribution < 1.29 is 17.9 Å². The van der Waals surface area contributed by atoms with Gasteiger partial charge in [0.25, 0.3) is 0 Å². The van der Waals surface area contributed by atoms with Crippen LogP contribution in [0.4, 0.5) is 5.69 Å². The van der Waals surface area contributed by atoms with Gasteiger partial charge in [0.05, 0.1) is 11.9 Å². The van der Waals surface area contributed by atoms with Gasteiger partial charge >= 0.3 is 0 Å². The van der Waals surface area contributed by atoms with E-state index in [9.17, 15) is 13.2 Å². The van der Waals surface area contributed by atoms with E-state index >= 15 is 0 Å². The fraction of sp³-hybridized carbons (Fsp3) is 0.136. The number of para-hydroxylation sites is 1. The van der Waals surface area contributed by atoms with Crippen molar-refractivity contribution >= 4 is 21.6 Å². The Morgan fingerprint density at radius 3 is 2.00 bits per heavy atom. The Kier molecular flexibility index (Phi) is 6.51. The Bertz CT molecular complexity index is 1040. The number of carbonyl (C=O) groups is 1. The van der Waals surface area contributed by atoms with Crippen LogP contribution in [0.2, 0.25) is 0 Å². The molecule has 0 aromatic heterocycles. The summed E-state index contributed by atoms with van der Waals surface area (Å²) >= 11 is 0. The van der Waals surface area contributed by atoms with E-state index in [-0.39, 0.29) is 12.5 Å². The maximum atomic E-state index is 12.3. The summed E-state index contributed by atoms with van der Waals surface area (Å²) in [5, 5.41) is 2.75. The molecule has 150 valence electrons. The van der Waals surface area contributed by atoms with E-state index < -0.39 is 10.0 Å². The molecule has 0 fully saturated rings. The first kappa shape index (κ1) is 20.4. The third-order valence-electron chi connectivity index (χ3n) is 4.12. The molecule has 1 N–H and O–H groups in total. The first-order valence-electron chi connectivity index (χ1n) is 9.03. The molecule has 0 aliphatic carbocycles. The second-order valence-corrected chi connectivity index (χ2v) is 8.35. The molecule has 0 bridgehead atoms. The molecule has 7 heteroatoms. The molecule has 29 heavy (non-hydrogen) atoms. The minimum Gasteiger partial charge on any atom is -0.457 e. The van der Waals surface area contributed by atoms with Crippen LogP contribution in [0.3, 0.4) is 0 Å². The number of rotatable bonds is 8. The van der Waals surface area contributed by atoms with Gasteiger partial charge in [0, 0.05) is 6.54 Å². The van der Waals surface area contributed by atoms with Gasteiger partial charge in [-0.25, -0.2) is 8.42 Å². The minimum atomic E-state index is -3.64. The lowest BCUT2D eigenvalue weighted by molar-refractivity contribution is -0.119. The van der Waals surface area contributed by atoms with E-state index in [2.05, 4.69) is 5.32 Å². The van der Waals surface area contributed by atoms with Crippen LogP contribution in [0.25, 0.3) is 0 Å². The van der Waals surface area contributed by atoms with Gasteiger partial charge in [-0.3, -0.25) is 9.10 Å². The highest BCUT2D eigenvalue weighted by Gasteiger charge is 2.20. The van der Waals surface area contributed by atoms with Crippen LogP contribution in [0.15, 0.2) is 84.9 Å². The molecule has 0 saturated heterocycles. The summed E-state index contributed by atoms with van der Waals surface area (Å²) in [6.07, 6.45) is 1.08. The molecule has 0 unspecified atom stereocenters. The zero-order chi connectivity index (χ0) is 20.7. The molecule has 6 nitrogen and oxygen atoms in total. The minimum absolute atomic E-state index is 0.301. The molecule has 0 radical (unpaired) electrons. The van der Waals surface area contributed by atoms with E-state index in [4.69, 9.17) is 4.74 Å². The summed E-state index contributed by atoms with van der Waals surface area (Å²) < 4.78 is 31.3. The highest BCUT2D eigenvalue weighted by Crippen LogP contribution is 2.25. The molecule has 3 aromatic carbocycles. The second-order valence-electron chi connectivity index (χ2n) is 6.44. The van der Waals surface area contributed by atoms with Gasteiger partial charge in [-0.05, 0) is 42.0 Å². The summed E-state index contributed by atoms with van der Waals surface area (Å²) in [5.41, 5.74) is 1.33. The first-order chi connectivity index (χ1) is 13.9. The molecule has 0 atom stereocenters. The third-order valence-corrected chi connectivity index (χ3v) is 5.26. The predicted molar refractivity (Wildman–Crippen MR) is 113 cm³/mol. The van der Waals surface area contributed by atoms with Gasteiger partial charge in [0.2, 0.25) is 15.9 Å². The average Bonchev–Trinajstić information content (AvgIpc) is 2.72. The van der Waals surface area contributed by atoms with Crippen molar-refractivity contribution in [1.82, 2.24) is 5.32 Å². The first-order valence-corrected chi connectivity index (χ1v) is 10.9. The van der Waals surface area contributed by atoms with Crippen LogP contribution >= 0.6 is 0 Å². The highest BCUT2D eigenvalue weighted by molar-refractivity contribution is 7.92. The average molecular weight is 410 g/mol.